The molecule has 2 rings (SSSR count). The second-order valence-corrected chi connectivity index (χ2v) is 5.60. The molecule has 1 saturated heterocycles. The highest BCUT2D eigenvalue weighted by Gasteiger charge is 2.21. The number of rotatable bonds is 7. The van der Waals surface area contributed by atoms with Crippen LogP contribution in [0, 0.1) is 6.92 Å². The summed E-state index contributed by atoms with van der Waals surface area (Å²) in [5, 5.41) is 5.84. The first kappa shape index (κ1) is 18.4. The van der Waals surface area contributed by atoms with Crippen LogP contribution < -0.4 is 10.6 Å². The Bertz CT molecular complexity index is 571. The minimum absolute atomic E-state index is 0.0230. The smallest absolute Gasteiger partial charge is 0.254 e. The number of benzene rings is 1. The van der Waals surface area contributed by atoms with Gasteiger partial charge in [-0.15, -0.1) is 0 Å². The van der Waals surface area contributed by atoms with Gasteiger partial charge in [-0.3, -0.25) is 9.59 Å². The molecule has 1 heterocycles. The van der Waals surface area contributed by atoms with Gasteiger partial charge in [-0.25, -0.2) is 0 Å². The van der Waals surface area contributed by atoms with Crippen molar-refractivity contribution in [3.05, 3.63) is 29.3 Å². The summed E-state index contributed by atoms with van der Waals surface area (Å²) in [5.74, 6) is -0.171. The largest absolute Gasteiger partial charge is 0.383 e. The van der Waals surface area contributed by atoms with Crippen LogP contribution in [-0.4, -0.2) is 69.8 Å². The Balaban J connectivity index is 1.99. The Morgan fingerprint density at radius 3 is 2.75 bits per heavy atom. The Morgan fingerprint density at radius 2 is 2.04 bits per heavy atom. The first-order chi connectivity index (χ1) is 11.6. The number of carbonyl (C=O) groups excluding carboxylic acids is 2. The van der Waals surface area contributed by atoms with E-state index in [2.05, 4.69) is 10.6 Å². The quantitative estimate of drug-likeness (QED) is 0.715. The molecule has 1 aliphatic heterocycles. The van der Waals surface area contributed by atoms with Gasteiger partial charge >= 0.3 is 0 Å². The molecule has 0 bridgehead atoms. The number of carbonyl (C=O) groups is 2. The molecule has 0 saturated carbocycles. The number of morpholine rings is 1. The summed E-state index contributed by atoms with van der Waals surface area (Å²) in [5.41, 5.74) is 2.05. The van der Waals surface area contributed by atoms with Gasteiger partial charge < -0.3 is 25.0 Å². The molecule has 1 aromatic rings. The lowest BCUT2D eigenvalue weighted by atomic mass is 10.0. The number of hydrogen-bond acceptors (Lipinski definition) is 5. The predicted octanol–water partition coefficient (Wildman–Crippen LogP) is 0.642. The van der Waals surface area contributed by atoms with Crippen molar-refractivity contribution in [2.24, 2.45) is 0 Å². The van der Waals surface area contributed by atoms with Gasteiger partial charge in [-0.05, 0) is 24.6 Å². The molecule has 7 heteroatoms. The van der Waals surface area contributed by atoms with E-state index in [1.807, 2.05) is 6.92 Å². The maximum Gasteiger partial charge on any atom is 0.254 e. The second kappa shape index (κ2) is 9.36. The molecule has 0 spiro atoms. The molecular formula is C17H25N3O4. The van der Waals surface area contributed by atoms with Gasteiger partial charge in [-0.1, -0.05) is 6.07 Å². The fourth-order valence-corrected chi connectivity index (χ4v) is 2.51. The van der Waals surface area contributed by atoms with Gasteiger partial charge in [0.2, 0.25) is 5.91 Å². The van der Waals surface area contributed by atoms with Gasteiger partial charge in [0.25, 0.3) is 5.91 Å². The molecule has 0 atom stereocenters. The maximum absolute atomic E-state index is 12.6. The highest BCUT2D eigenvalue weighted by molar-refractivity contribution is 5.99. The molecule has 2 N–H and O–H groups in total. The first-order valence-corrected chi connectivity index (χ1v) is 8.09. The summed E-state index contributed by atoms with van der Waals surface area (Å²) in [7, 11) is 1.61. The fourth-order valence-electron chi connectivity index (χ4n) is 2.51. The van der Waals surface area contributed by atoms with Crippen molar-refractivity contribution >= 4 is 17.5 Å². The van der Waals surface area contributed by atoms with Crippen LogP contribution in [0.2, 0.25) is 0 Å². The van der Waals surface area contributed by atoms with E-state index in [0.29, 0.717) is 50.7 Å². The topological polar surface area (TPSA) is 79.9 Å². The van der Waals surface area contributed by atoms with E-state index in [-0.39, 0.29) is 18.4 Å². The SMILES string of the molecule is COCCNCC(=O)Nc1cccc(C(=O)N2CCOCC2)c1C. The van der Waals surface area contributed by atoms with Crippen LogP contribution in [0.1, 0.15) is 15.9 Å². The Hall–Kier alpha value is -1.96. The lowest BCUT2D eigenvalue weighted by molar-refractivity contribution is -0.115. The summed E-state index contributed by atoms with van der Waals surface area (Å²) in [4.78, 5) is 26.4. The number of nitrogens with zero attached hydrogens (tertiary/aromatic N) is 1. The van der Waals surface area contributed by atoms with Crippen molar-refractivity contribution in [2.75, 3.05) is 58.4 Å². The average Bonchev–Trinajstić information content (AvgIpc) is 2.61. The van der Waals surface area contributed by atoms with Crippen LogP contribution in [-0.2, 0) is 14.3 Å². The zero-order valence-electron chi connectivity index (χ0n) is 14.3. The molecule has 0 aliphatic carbocycles. The molecule has 1 fully saturated rings. The Kier molecular flexibility index (Phi) is 7.17. The van der Waals surface area contributed by atoms with Gasteiger partial charge in [-0.2, -0.15) is 0 Å². The number of methoxy groups -OCH3 is 1. The van der Waals surface area contributed by atoms with Crippen LogP contribution in [0.5, 0.6) is 0 Å². The standard InChI is InChI=1S/C17H25N3O4/c1-13-14(17(22)20-7-10-24-11-8-20)4-3-5-15(13)19-16(21)12-18-6-9-23-2/h3-5,18H,6-12H2,1-2H3,(H,19,21). The predicted molar refractivity (Wildman–Crippen MR) is 91.3 cm³/mol. The van der Waals surface area contributed by atoms with Crippen LogP contribution in [0.4, 0.5) is 5.69 Å². The Labute approximate surface area is 142 Å². The van der Waals surface area contributed by atoms with Crippen molar-refractivity contribution in [1.82, 2.24) is 10.2 Å². The summed E-state index contributed by atoms with van der Waals surface area (Å²) in [6.45, 7) is 5.53. The minimum Gasteiger partial charge on any atom is -0.383 e. The van der Waals surface area contributed by atoms with Gasteiger partial charge in [0, 0.05) is 38.0 Å². The number of anilines is 1. The lowest BCUT2D eigenvalue weighted by Gasteiger charge is -2.27. The molecule has 1 aromatic carbocycles. The summed E-state index contributed by atoms with van der Waals surface area (Å²) in [6.07, 6.45) is 0. The van der Waals surface area contributed by atoms with E-state index in [1.165, 1.54) is 0 Å². The van der Waals surface area contributed by atoms with Crippen molar-refractivity contribution in [3.63, 3.8) is 0 Å². The maximum atomic E-state index is 12.6. The van der Waals surface area contributed by atoms with Gasteiger partial charge in [0.05, 0.1) is 26.4 Å². The highest BCUT2D eigenvalue weighted by Crippen LogP contribution is 2.20. The summed E-state index contributed by atoms with van der Waals surface area (Å²) < 4.78 is 10.2. The minimum atomic E-state index is -0.148. The van der Waals surface area contributed by atoms with E-state index in [9.17, 15) is 9.59 Å². The molecule has 7 nitrogen and oxygen atoms in total. The molecule has 0 radical (unpaired) electrons. The van der Waals surface area contributed by atoms with Crippen molar-refractivity contribution in [2.45, 2.75) is 6.92 Å². The zero-order chi connectivity index (χ0) is 17.4. The monoisotopic (exact) mass is 335 g/mol. The molecule has 0 unspecified atom stereocenters. The van der Waals surface area contributed by atoms with E-state index in [4.69, 9.17) is 9.47 Å². The van der Waals surface area contributed by atoms with Crippen LogP contribution in [0.25, 0.3) is 0 Å². The third-order valence-electron chi connectivity index (χ3n) is 3.91. The highest BCUT2D eigenvalue weighted by atomic mass is 16.5. The third kappa shape index (κ3) is 5.02. The molecule has 2 amide bonds. The summed E-state index contributed by atoms with van der Waals surface area (Å²) >= 11 is 0. The molecular weight excluding hydrogens is 310 g/mol. The summed E-state index contributed by atoms with van der Waals surface area (Å²) in [6, 6.07) is 5.38. The number of hydrogen-bond donors (Lipinski definition) is 2. The number of amides is 2. The van der Waals surface area contributed by atoms with E-state index < -0.39 is 0 Å². The zero-order valence-corrected chi connectivity index (χ0v) is 14.3. The molecule has 132 valence electrons. The van der Waals surface area contributed by atoms with Crippen LogP contribution >= 0.6 is 0 Å². The van der Waals surface area contributed by atoms with Crippen molar-refractivity contribution in [3.8, 4) is 0 Å². The number of nitrogens with one attached hydrogen (secondary N) is 2. The van der Waals surface area contributed by atoms with E-state index >= 15 is 0 Å². The van der Waals surface area contributed by atoms with Crippen LogP contribution in [0.3, 0.4) is 0 Å². The lowest BCUT2D eigenvalue weighted by Crippen LogP contribution is -2.41. The normalized spacial score (nSPS) is 14.5. The fraction of sp³-hybridized carbons (Fsp3) is 0.529. The average molecular weight is 335 g/mol. The van der Waals surface area contributed by atoms with Crippen molar-refractivity contribution in [1.29, 1.82) is 0 Å². The van der Waals surface area contributed by atoms with Crippen molar-refractivity contribution < 1.29 is 19.1 Å². The first-order valence-electron chi connectivity index (χ1n) is 8.09. The van der Waals surface area contributed by atoms with Crippen LogP contribution in [0.15, 0.2) is 18.2 Å². The van der Waals surface area contributed by atoms with E-state index in [0.717, 1.165) is 5.56 Å². The van der Waals surface area contributed by atoms with E-state index in [1.54, 1.807) is 30.2 Å². The Morgan fingerprint density at radius 1 is 1.29 bits per heavy atom. The van der Waals surface area contributed by atoms with Gasteiger partial charge in [0.15, 0.2) is 0 Å². The number of ether oxygens (including phenoxy) is 2. The molecule has 0 aromatic heterocycles. The molecule has 1 aliphatic rings. The second-order valence-electron chi connectivity index (χ2n) is 5.60. The molecule has 24 heavy (non-hydrogen) atoms. The van der Waals surface area contributed by atoms with Gasteiger partial charge in [0.1, 0.15) is 0 Å². The third-order valence-corrected chi connectivity index (χ3v) is 3.91.